The van der Waals surface area contributed by atoms with Gasteiger partial charge in [0.15, 0.2) is 0 Å². The normalized spacial score (nSPS) is 10.7. The number of oxazole rings is 1. The molecule has 3 heteroatoms. The van der Waals surface area contributed by atoms with Crippen LogP contribution >= 0.6 is 0 Å². The van der Waals surface area contributed by atoms with Gasteiger partial charge in [0.1, 0.15) is 23.8 Å². The van der Waals surface area contributed by atoms with E-state index in [1.807, 2.05) is 49.4 Å². The van der Waals surface area contributed by atoms with E-state index in [1.165, 1.54) is 5.56 Å². The lowest BCUT2D eigenvalue weighted by Crippen LogP contribution is -1.97. The molecule has 0 N–H and O–H groups in total. The monoisotopic (exact) mass is 307 g/mol. The summed E-state index contributed by atoms with van der Waals surface area (Å²) in [7, 11) is 0. The summed E-state index contributed by atoms with van der Waals surface area (Å²) in [4.78, 5) is 4.55. The van der Waals surface area contributed by atoms with Crippen molar-refractivity contribution in [1.29, 1.82) is 0 Å². The minimum Gasteiger partial charge on any atom is -0.487 e. The molecule has 1 aromatic heterocycles. The van der Waals surface area contributed by atoms with Crippen molar-refractivity contribution in [3.8, 4) is 17.2 Å². The largest absolute Gasteiger partial charge is 0.487 e. The molecule has 3 nitrogen and oxygen atoms in total. The first-order valence-corrected chi connectivity index (χ1v) is 7.99. The van der Waals surface area contributed by atoms with Crippen molar-refractivity contribution in [2.45, 2.75) is 33.3 Å². The fourth-order valence-electron chi connectivity index (χ4n) is 2.46. The zero-order valence-corrected chi connectivity index (χ0v) is 13.6. The number of hydrogen-bond acceptors (Lipinski definition) is 3. The van der Waals surface area contributed by atoms with E-state index in [9.17, 15) is 0 Å². The number of rotatable bonds is 6. The smallest absolute Gasteiger partial charge is 0.226 e. The van der Waals surface area contributed by atoms with E-state index in [1.54, 1.807) is 0 Å². The standard InChI is InChI=1S/C20H21NO2/c1-3-7-16-10-12-18(13-11-16)22-14-19-15(2)23-20(21-19)17-8-5-4-6-9-17/h4-6,8-13H,3,7,14H2,1-2H3. The van der Waals surface area contributed by atoms with E-state index in [-0.39, 0.29) is 0 Å². The highest BCUT2D eigenvalue weighted by Crippen LogP contribution is 2.22. The summed E-state index contributed by atoms with van der Waals surface area (Å²) in [5.74, 6) is 2.29. The zero-order valence-electron chi connectivity index (χ0n) is 13.6. The van der Waals surface area contributed by atoms with Crippen molar-refractivity contribution in [3.63, 3.8) is 0 Å². The second-order valence-corrected chi connectivity index (χ2v) is 5.57. The van der Waals surface area contributed by atoms with Crippen LogP contribution in [0.4, 0.5) is 0 Å². The van der Waals surface area contributed by atoms with Crippen molar-refractivity contribution in [2.24, 2.45) is 0 Å². The molecule has 0 saturated heterocycles. The van der Waals surface area contributed by atoms with Crippen LogP contribution in [0.25, 0.3) is 11.5 Å². The molecular weight excluding hydrogens is 286 g/mol. The van der Waals surface area contributed by atoms with Gasteiger partial charge in [-0.05, 0) is 43.2 Å². The van der Waals surface area contributed by atoms with Crippen LogP contribution in [0.5, 0.6) is 5.75 Å². The third-order valence-corrected chi connectivity index (χ3v) is 3.75. The van der Waals surface area contributed by atoms with Crippen molar-refractivity contribution in [3.05, 3.63) is 71.6 Å². The summed E-state index contributed by atoms with van der Waals surface area (Å²) >= 11 is 0. The molecule has 0 fully saturated rings. The number of aromatic nitrogens is 1. The molecule has 0 atom stereocenters. The summed E-state index contributed by atoms with van der Waals surface area (Å²) in [5.41, 5.74) is 3.15. The Bertz CT molecular complexity index is 745. The number of benzene rings is 2. The van der Waals surface area contributed by atoms with Crippen LogP contribution in [0.1, 0.15) is 30.4 Å². The van der Waals surface area contributed by atoms with Gasteiger partial charge in [0.2, 0.25) is 5.89 Å². The number of hydrogen-bond donors (Lipinski definition) is 0. The highest BCUT2D eigenvalue weighted by Gasteiger charge is 2.11. The molecular formula is C20H21NO2. The third-order valence-electron chi connectivity index (χ3n) is 3.75. The Morgan fingerprint density at radius 1 is 1.00 bits per heavy atom. The lowest BCUT2D eigenvalue weighted by atomic mass is 10.1. The molecule has 23 heavy (non-hydrogen) atoms. The van der Waals surface area contributed by atoms with Crippen molar-refractivity contribution >= 4 is 0 Å². The lowest BCUT2D eigenvalue weighted by Gasteiger charge is -2.05. The molecule has 0 spiro atoms. The molecule has 118 valence electrons. The van der Waals surface area contributed by atoms with Crippen LogP contribution in [0.3, 0.4) is 0 Å². The van der Waals surface area contributed by atoms with Crippen molar-refractivity contribution in [2.75, 3.05) is 0 Å². The van der Waals surface area contributed by atoms with Crippen molar-refractivity contribution < 1.29 is 9.15 Å². The Morgan fingerprint density at radius 3 is 2.43 bits per heavy atom. The van der Waals surface area contributed by atoms with Gasteiger partial charge in [-0.3, -0.25) is 0 Å². The maximum absolute atomic E-state index is 5.83. The van der Waals surface area contributed by atoms with Gasteiger partial charge in [-0.25, -0.2) is 4.98 Å². The molecule has 0 amide bonds. The molecule has 3 aromatic rings. The molecule has 0 unspecified atom stereocenters. The highest BCUT2D eigenvalue weighted by atomic mass is 16.5. The summed E-state index contributed by atoms with van der Waals surface area (Å²) in [6, 6.07) is 18.2. The number of nitrogens with zero attached hydrogens (tertiary/aromatic N) is 1. The summed E-state index contributed by atoms with van der Waals surface area (Å²) in [5, 5.41) is 0. The average molecular weight is 307 g/mol. The Balaban J connectivity index is 1.67. The molecule has 0 aliphatic rings. The summed E-state index contributed by atoms with van der Waals surface area (Å²) < 4.78 is 11.6. The molecule has 2 aromatic carbocycles. The van der Waals surface area contributed by atoms with E-state index in [0.717, 1.165) is 35.6 Å². The topological polar surface area (TPSA) is 35.3 Å². The van der Waals surface area contributed by atoms with Crippen LogP contribution < -0.4 is 4.74 Å². The third kappa shape index (κ3) is 3.81. The molecule has 0 bridgehead atoms. The summed E-state index contributed by atoms with van der Waals surface area (Å²) in [6.45, 7) is 4.51. The van der Waals surface area contributed by atoms with Crippen LogP contribution in [0, 0.1) is 6.92 Å². The maximum atomic E-state index is 5.83. The highest BCUT2D eigenvalue weighted by molar-refractivity contribution is 5.53. The number of aryl methyl sites for hydroxylation is 2. The van der Waals surface area contributed by atoms with Crippen LogP contribution in [0.2, 0.25) is 0 Å². The van der Waals surface area contributed by atoms with Gasteiger partial charge in [0.25, 0.3) is 0 Å². The lowest BCUT2D eigenvalue weighted by molar-refractivity contribution is 0.299. The zero-order chi connectivity index (χ0) is 16.1. The van der Waals surface area contributed by atoms with E-state index in [2.05, 4.69) is 24.0 Å². The van der Waals surface area contributed by atoms with Gasteiger partial charge < -0.3 is 9.15 Å². The van der Waals surface area contributed by atoms with Crippen LogP contribution in [-0.2, 0) is 13.0 Å². The van der Waals surface area contributed by atoms with E-state index in [4.69, 9.17) is 9.15 Å². The minimum absolute atomic E-state index is 0.412. The minimum atomic E-state index is 0.412. The first kappa shape index (κ1) is 15.3. The van der Waals surface area contributed by atoms with Gasteiger partial charge in [-0.2, -0.15) is 0 Å². The van der Waals surface area contributed by atoms with Crippen LogP contribution in [0.15, 0.2) is 59.0 Å². The second kappa shape index (κ2) is 7.14. The Labute approximate surface area is 136 Å². The summed E-state index contributed by atoms with van der Waals surface area (Å²) in [6.07, 6.45) is 2.25. The molecule has 0 radical (unpaired) electrons. The SMILES string of the molecule is CCCc1ccc(OCc2nc(-c3ccccc3)oc2C)cc1. The van der Waals surface area contributed by atoms with Crippen molar-refractivity contribution in [1.82, 2.24) is 4.98 Å². The quantitative estimate of drug-likeness (QED) is 0.629. The van der Waals surface area contributed by atoms with Gasteiger partial charge in [0, 0.05) is 5.56 Å². The van der Waals surface area contributed by atoms with Gasteiger partial charge >= 0.3 is 0 Å². The number of ether oxygens (including phenoxy) is 1. The molecule has 0 saturated carbocycles. The van der Waals surface area contributed by atoms with Crippen LogP contribution in [-0.4, -0.2) is 4.98 Å². The fourth-order valence-corrected chi connectivity index (χ4v) is 2.46. The second-order valence-electron chi connectivity index (χ2n) is 5.57. The van der Waals surface area contributed by atoms with E-state index in [0.29, 0.717) is 12.5 Å². The maximum Gasteiger partial charge on any atom is 0.226 e. The van der Waals surface area contributed by atoms with Gasteiger partial charge in [-0.15, -0.1) is 0 Å². The Kier molecular flexibility index (Phi) is 4.77. The fraction of sp³-hybridized carbons (Fsp3) is 0.250. The average Bonchev–Trinajstić information content (AvgIpc) is 2.96. The molecule has 0 aliphatic carbocycles. The molecule has 1 heterocycles. The van der Waals surface area contributed by atoms with E-state index >= 15 is 0 Å². The molecule has 0 aliphatic heterocycles. The first-order valence-electron chi connectivity index (χ1n) is 7.99. The Hall–Kier alpha value is -2.55. The molecule has 3 rings (SSSR count). The first-order chi connectivity index (χ1) is 11.3. The van der Waals surface area contributed by atoms with E-state index < -0.39 is 0 Å². The van der Waals surface area contributed by atoms with Gasteiger partial charge in [-0.1, -0.05) is 43.7 Å². The predicted molar refractivity (Wildman–Crippen MR) is 91.4 cm³/mol. The predicted octanol–water partition coefficient (Wildman–Crippen LogP) is 5.18. The van der Waals surface area contributed by atoms with Gasteiger partial charge in [0.05, 0.1) is 0 Å². The Morgan fingerprint density at radius 2 is 1.74 bits per heavy atom.